The molecule has 2 nitrogen and oxygen atoms in total. The lowest BCUT2D eigenvalue weighted by Gasteiger charge is -2.18. The van der Waals surface area contributed by atoms with Crippen molar-refractivity contribution in [3.05, 3.63) is 58.2 Å². The van der Waals surface area contributed by atoms with E-state index in [-0.39, 0.29) is 11.6 Å². The fourth-order valence-corrected chi connectivity index (χ4v) is 4.81. The number of fused-ring (bicyclic) bond motifs is 1. The second-order valence-electron chi connectivity index (χ2n) is 10.9. The van der Waals surface area contributed by atoms with E-state index in [0.717, 1.165) is 24.2 Å². The summed E-state index contributed by atoms with van der Waals surface area (Å²) in [5.41, 5.74) is 3.68. The summed E-state index contributed by atoms with van der Waals surface area (Å²) in [5.74, 6) is 2.46. The van der Waals surface area contributed by atoms with Crippen molar-refractivity contribution >= 4 is 11.6 Å². The Balaban J connectivity index is 1.71. The summed E-state index contributed by atoms with van der Waals surface area (Å²) in [5, 5.41) is 0. The summed E-state index contributed by atoms with van der Waals surface area (Å²) in [4.78, 5) is 25.5. The summed E-state index contributed by atoms with van der Waals surface area (Å²) in [6.07, 6.45) is 14.4. The van der Waals surface area contributed by atoms with Gasteiger partial charge in [-0.25, -0.2) is 0 Å². The molecule has 0 spiro atoms. The van der Waals surface area contributed by atoms with Crippen molar-refractivity contribution in [1.29, 1.82) is 0 Å². The Bertz CT molecular complexity index is 855. The molecule has 182 valence electrons. The van der Waals surface area contributed by atoms with Crippen LogP contribution in [0.1, 0.15) is 126 Å². The highest BCUT2D eigenvalue weighted by molar-refractivity contribution is 6.26. The first-order chi connectivity index (χ1) is 15.7. The maximum atomic E-state index is 12.9. The molecular formula is C31H46O2. The second kappa shape index (κ2) is 13.7. The number of Topliss-reactive ketones (excluding diaryl/α,β-unsaturated/α-hetero) is 2. The van der Waals surface area contributed by atoms with Crippen LogP contribution < -0.4 is 0 Å². The highest BCUT2D eigenvalue weighted by Gasteiger charge is 2.28. The van der Waals surface area contributed by atoms with Crippen LogP contribution in [0.25, 0.3) is 0 Å². The lowest BCUT2D eigenvalue weighted by molar-refractivity contribution is 0.0973. The first kappa shape index (κ1) is 27.3. The Morgan fingerprint density at radius 2 is 1.33 bits per heavy atom. The Morgan fingerprint density at radius 3 is 1.94 bits per heavy atom. The molecule has 1 aliphatic carbocycles. The van der Waals surface area contributed by atoms with E-state index < -0.39 is 0 Å². The van der Waals surface area contributed by atoms with Crippen LogP contribution in [-0.4, -0.2) is 11.6 Å². The minimum Gasteiger partial charge on any atom is -0.289 e. The number of hydrogen-bond donors (Lipinski definition) is 0. The van der Waals surface area contributed by atoms with Crippen molar-refractivity contribution in [1.82, 2.24) is 0 Å². The Morgan fingerprint density at radius 1 is 0.788 bits per heavy atom. The molecule has 33 heavy (non-hydrogen) atoms. The zero-order valence-electron chi connectivity index (χ0n) is 22.0. The lowest BCUT2D eigenvalue weighted by Crippen LogP contribution is -2.20. The van der Waals surface area contributed by atoms with E-state index >= 15 is 0 Å². The number of benzene rings is 1. The molecule has 1 aromatic carbocycles. The van der Waals surface area contributed by atoms with Crippen LogP contribution in [0.2, 0.25) is 0 Å². The molecule has 0 heterocycles. The molecule has 0 bridgehead atoms. The Hall–Kier alpha value is -1.96. The number of carbonyl (C=O) groups excluding carboxylic acids is 2. The van der Waals surface area contributed by atoms with Crippen LogP contribution in [0.15, 0.2) is 47.1 Å². The van der Waals surface area contributed by atoms with Gasteiger partial charge in [0.15, 0.2) is 11.6 Å². The molecule has 0 radical (unpaired) electrons. The second-order valence-corrected chi connectivity index (χ2v) is 10.9. The third kappa shape index (κ3) is 8.72. The normalized spacial score (nSPS) is 16.4. The van der Waals surface area contributed by atoms with Gasteiger partial charge in [-0.05, 0) is 50.9 Å². The molecule has 0 fully saturated rings. The predicted molar refractivity (Wildman–Crippen MR) is 141 cm³/mol. The van der Waals surface area contributed by atoms with Crippen molar-refractivity contribution in [2.75, 3.05) is 0 Å². The van der Waals surface area contributed by atoms with E-state index in [1.165, 1.54) is 56.9 Å². The summed E-state index contributed by atoms with van der Waals surface area (Å²) in [6.45, 7) is 13.4. The van der Waals surface area contributed by atoms with Gasteiger partial charge in [0.25, 0.3) is 0 Å². The zero-order valence-corrected chi connectivity index (χ0v) is 22.0. The monoisotopic (exact) mass is 450 g/mol. The number of rotatable bonds is 14. The summed E-state index contributed by atoms with van der Waals surface area (Å²) >= 11 is 0. The third-order valence-corrected chi connectivity index (χ3v) is 7.29. The molecule has 0 aromatic heterocycles. The number of hydrogen-bond acceptors (Lipinski definition) is 2. The van der Waals surface area contributed by atoms with Crippen LogP contribution >= 0.6 is 0 Å². The van der Waals surface area contributed by atoms with Gasteiger partial charge >= 0.3 is 0 Å². The molecule has 0 amide bonds. The molecule has 2 heteroatoms. The van der Waals surface area contributed by atoms with Gasteiger partial charge in [-0.1, -0.05) is 109 Å². The van der Waals surface area contributed by atoms with Crippen LogP contribution in [0.5, 0.6) is 0 Å². The number of ketones is 2. The van der Waals surface area contributed by atoms with E-state index in [1.54, 1.807) is 19.1 Å². The molecule has 1 aliphatic rings. The largest absolute Gasteiger partial charge is 0.289 e. The standard InChI is InChI=1S/C31H46O2/c1-22(2)12-7-8-13-23(3)18-19-24(4)14-11-15-25(5)20-21-27-26(6)30(32)28-16-9-10-17-29(28)31(27)33/h9-10,16-17,20,22-24H,7-8,11-15,18-19,21H2,1-6H3/t23-,24+/m0/s1. The van der Waals surface area contributed by atoms with Crippen molar-refractivity contribution < 1.29 is 9.59 Å². The highest BCUT2D eigenvalue weighted by atomic mass is 16.1. The van der Waals surface area contributed by atoms with E-state index in [4.69, 9.17) is 0 Å². The predicted octanol–water partition coefficient (Wildman–Crippen LogP) is 9.16. The molecule has 0 saturated carbocycles. The molecule has 1 aromatic rings. The number of allylic oxidation sites excluding steroid dienone is 4. The zero-order chi connectivity index (χ0) is 24.4. The first-order valence-corrected chi connectivity index (χ1v) is 13.2. The topological polar surface area (TPSA) is 34.1 Å². The van der Waals surface area contributed by atoms with Crippen LogP contribution in [-0.2, 0) is 0 Å². The van der Waals surface area contributed by atoms with Gasteiger partial charge in [0, 0.05) is 22.3 Å². The van der Waals surface area contributed by atoms with Gasteiger partial charge in [-0.15, -0.1) is 0 Å². The van der Waals surface area contributed by atoms with E-state index in [9.17, 15) is 9.59 Å². The number of unbranched alkanes of at least 4 members (excludes halogenated alkanes) is 1. The van der Waals surface area contributed by atoms with Gasteiger partial charge in [-0.3, -0.25) is 9.59 Å². The van der Waals surface area contributed by atoms with Crippen LogP contribution in [0.3, 0.4) is 0 Å². The van der Waals surface area contributed by atoms with Crippen molar-refractivity contribution in [2.24, 2.45) is 17.8 Å². The molecule has 2 atom stereocenters. The maximum absolute atomic E-state index is 12.9. The fourth-order valence-electron chi connectivity index (χ4n) is 4.81. The van der Waals surface area contributed by atoms with Gasteiger partial charge < -0.3 is 0 Å². The summed E-state index contributed by atoms with van der Waals surface area (Å²) in [7, 11) is 0. The van der Waals surface area contributed by atoms with Gasteiger partial charge in [0.05, 0.1) is 0 Å². The van der Waals surface area contributed by atoms with Crippen molar-refractivity contribution in [3.8, 4) is 0 Å². The third-order valence-electron chi connectivity index (χ3n) is 7.29. The smallest absolute Gasteiger partial charge is 0.190 e. The van der Waals surface area contributed by atoms with Gasteiger partial charge in [-0.2, -0.15) is 0 Å². The van der Waals surface area contributed by atoms with Crippen molar-refractivity contribution in [3.63, 3.8) is 0 Å². The van der Waals surface area contributed by atoms with Crippen molar-refractivity contribution in [2.45, 2.75) is 106 Å². The fraction of sp³-hybridized carbons (Fsp3) is 0.613. The lowest BCUT2D eigenvalue weighted by atomic mass is 9.83. The average molecular weight is 451 g/mol. The maximum Gasteiger partial charge on any atom is 0.190 e. The molecule has 0 aliphatic heterocycles. The Labute approximate surface area is 202 Å². The van der Waals surface area contributed by atoms with Crippen LogP contribution in [0, 0.1) is 17.8 Å². The van der Waals surface area contributed by atoms with E-state index in [1.807, 2.05) is 12.1 Å². The molecule has 0 unspecified atom stereocenters. The van der Waals surface area contributed by atoms with E-state index in [2.05, 4.69) is 40.7 Å². The average Bonchev–Trinajstić information content (AvgIpc) is 2.79. The first-order valence-electron chi connectivity index (χ1n) is 13.2. The Kier molecular flexibility index (Phi) is 11.3. The van der Waals surface area contributed by atoms with Gasteiger partial charge in [0.2, 0.25) is 0 Å². The highest BCUT2D eigenvalue weighted by Crippen LogP contribution is 2.29. The van der Waals surface area contributed by atoms with E-state index in [0.29, 0.717) is 28.7 Å². The van der Waals surface area contributed by atoms with Gasteiger partial charge in [0.1, 0.15) is 0 Å². The minimum atomic E-state index is -0.00534. The molecule has 0 N–H and O–H groups in total. The number of carbonyl (C=O) groups is 2. The molecular weight excluding hydrogens is 404 g/mol. The van der Waals surface area contributed by atoms with Crippen LogP contribution in [0.4, 0.5) is 0 Å². The quantitative estimate of drug-likeness (QED) is 0.209. The SMILES string of the molecule is CC(=CCC1=C(C)C(=O)c2ccccc2C1=O)CCC[C@@H](C)CC[C@@H](C)CCCCC(C)C. The molecule has 2 rings (SSSR count). The summed E-state index contributed by atoms with van der Waals surface area (Å²) in [6, 6.07) is 7.18. The summed E-state index contributed by atoms with van der Waals surface area (Å²) < 4.78 is 0. The minimum absolute atomic E-state index is 0.00534. The molecule has 0 saturated heterocycles.